The predicted molar refractivity (Wildman–Crippen MR) is 226 cm³/mol. The minimum Gasteiger partial charge on any atom is -0.463 e. The largest absolute Gasteiger partial charge is 0.463 e. The van der Waals surface area contributed by atoms with Gasteiger partial charge >= 0.3 is 23.9 Å². The molecule has 3 N–H and O–H groups in total. The Hall–Kier alpha value is -6.91. The molecule has 0 saturated carbocycles. The lowest BCUT2D eigenvalue weighted by molar-refractivity contribution is -0.288. The first-order valence-electron chi connectivity index (χ1n) is 19.7. The van der Waals surface area contributed by atoms with Crippen molar-refractivity contribution in [1.29, 1.82) is 0 Å². The fourth-order valence-electron chi connectivity index (χ4n) is 7.99. The van der Waals surface area contributed by atoms with Crippen LogP contribution in [0, 0.1) is 0 Å². The van der Waals surface area contributed by atoms with E-state index in [2.05, 4.69) is 15.3 Å². The number of aromatic amines is 2. The molecule has 4 aromatic carbocycles. The second-order valence-corrected chi connectivity index (χ2v) is 15.6. The number of hydrogen-bond acceptors (Lipinski definition) is 12. The number of hydrogen-bond donors (Lipinski definition) is 3. The van der Waals surface area contributed by atoms with Crippen molar-refractivity contribution < 1.29 is 57.2 Å². The van der Waals surface area contributed by atoms with Gasteiger partial charge in [0.25, 0.3) is 11.8 Å². The van der Waals surface area contributed by atoms with E-state index in [1.165, 1.54) is 6.92 Å². The highest BCUT2D eigenvalue weighted by Gasteiger charge is 2.53. The predicted octanol–water partition coefficient (Wildman–Crippen LogP) is 6.33. The maximum atomic E-state index is 14.6. The van der Waals surface area contributed by atoms with Gasteiger partial charge in [0.1, 0.15) is 29.8 Å². The lowest BCUT2D eigenvalue weighted by Crippen LogP contribution is -2.63. The van der Waals surface area contributed by atoms with Crippen LogP contribution in [0.5, 0.6) is 5.75 Å². The smallest absolute Gasteiger partial charge is 0.303 e. The molecule has 0 aliphatic carbocycles. The molecule has 4 heterocycles. The van der Waals surface area contributed by atoms with Crippen molar-refractivity contribution >= 4 is 91.2 Å². The maximum Gasteiger partial charge on any atom is 0.303 e. The third kappa shape index (κ3) is 8.64. The quantitative estimate of drug-likeness (QED) is 0.0786. The molecule has 2 aromatic heterocycles. The average molecular weight is 865 g/mol. The average Bonchev–Trinajstić information content (AvgIpc) is 3.86. The summed E-state index contributed by atoms with van der Waals surface area (Å²) in [7, 11) is 0. The van der Waals surface area contributed by atoms with Crippen molar-refractivity contribution in [1.82, 2.24) is 9.97 Å². The molecule has 16 nitrogen and oxygen atoms in total. The Morgan fingerprint density at radius 3 is 2.10 bits per heavy atom. The normalized spacial score (nSPS) is 20.9. The van der Waals surface area contributed by atoms with Crippen LogP contribution in [0.2, 0.25) is 0 Å². The number of esters is 4. The van der Waals surface area contributed by atoms with Crippen molar-refractivity contribution in [3.8, 4) is 5.75 Å². The number of rotatable bonds is 10. The van der Waals surface area contributed by atoms with Gasteiger partial charge in [0.15, 0.2) is 12.2 Å². The van der Waals surface area contributed by atoms with Crippen LogP contribution >= 0.6 is 11.6 Å². The molecule has 17 heteroatoms. The Balaban J connectivity index is 1.13. The molecule has 0 radical (unpaired) electrons. The standard InChI is InChI=1S/C45H41ClN4O12/c1-22(51)57-21-39-40(58-23(2)52)41(59-24(3)53)42(60-25(4)54)45(62-39)61-38-19-37-32(30-10-6-7-11-31(30)38)18-28(46)20-50(37)44(56)36-17-27-15-29(13-14-34(27)49-36)47-43(55)35-16-26-9-5-8-12-33(26)48-35/h5-17,19,28,39-42,45,48-49H,18,20-21H2,1-4H3,(H,47,55)/t28?,39?,40-,41-,42?,45+/m0/s1. The van der Waals surface area contributed by atoms with Crippen LogP contribution in [-0.4, -0.2) is 94.9 Å². The van der Waals surface area contributed by atoms with Crippen LogP contribution in [0.1, 0.15) is 54.2 Å². The molecule has 0 bridgehead atoms. The molecule has 2 aliphatic rings. The van der Waals surface area contributed by atoms with E-state index in [0.717, 1.165) is 37.2 Å². The Kier molecular flexibility index (Phi) is 11.6. The summed E-state index contributed by atoms with van der Waals surface area (Å²) in [5, 5.41) is 5.34. The molecular formula is C45H41ClN4O12. The zero-order valence-corrected chi connectivity index (χ0v) is 34.6. The van der Waals surface area contributed by atoms with Crippen LogP contribution in [-0.2, 0) is 49.3 Å². The van der Waals surface area contributed by atoms with Gasteiger partial charge in [-0.25, -0.2) is 0 Å². The number of alkyl halides is 1. The summed E-state index contributed by atoms with van der Waals surface area (Å²) in [6.45, 7) is 4.27. The number of benzene rings is 4. The highest BCUT2D eigenvalue weighted by Crippen LogP contribution is 2.42. The zero-order chi connectivity index (χ0) is 43.8. The van der Waals surface area contributed by atoms with Crippen LogP contribution in [0.15, 0.2) is 84.9 Å². The summed E-state index contributed by atoms with van der Waals surface area (Å²) in [6.07, 6.45) is -6.68. The molecule has 6 atom stereocenters. The lowest BCUT2D eigenvalue weighted by atomic mass is 9.93. The maximum absolute atomic E-state index is 14.6. The van der Waals surface area contributed by atoms with Crippen LogP contribution < -0.4 is 15.0 Å². The number of para-hydroxylation sites is 1. The first-order valence-corrected chi connectivity index (χ1v) is 20.2. The van der Waals surface area contributed by atoms with Gasteiger partial charge in [-0.05, 0) is 53.8 Å². The van der Waals surface area contributed by atoms with E-state index in [4.69, 9.17) is 40.0 Å². The number of anilines is 2. The van der Waals surface area contributed by atoms with Crippen molar-refractivity contribution in [3.63, 3.8) is 0 Å². The molecule has 1 fully saturated rings. The summed E-state index contributed by atoms with van der Waals surface area (Å²) >= 11 is 6.87. The molecular weight excluding hydrogens is 824 g/mol. The molecule has 0 spiro atoms. The number of aromatic nitrogens is 2. The number of nitrogens with zero attached hydrogens (tertiary/aromatic N) is 1. The number of ether oxygens (including phenoxy) is 6. The summed E-state index contributed by atoms with van der Waals surface area (Å²) in [6, 6.07) is 25.3. The Labute approximate surface area is 358 Å². The summed E-state index contributed by atoms with van der Waals surface area (Å²) in [5.41, 5.74) is 3.93. The molecule has 62 heavy (non-hydrogen) atoms. The fourth-order valence-corrected chi connectivity index (χ4v) is 8.28. The van der Waals surface area contributed by atoms with E-state index in [1.54, 1.807) is 53.4 Å². The lowest BCUT2D eigenvalue weighted by Gasteiger charge is -2.44. The summed E-state index contributed by atoms with van der Waals surface area (Å²) < 4.78 is 34.8. The topological polar surface area (TPSA) is 205 Å². The van der Waals surface area contributed by atoms with Gasteiger partial charge in [0.2, 0.25) is 12.4 Å². The van der Waals surface area contributed by atoms with Crippen LogP contribution in [0.4, 0.5) is 11.4 Å². The summed E-state index contributed by atoms with van der Waals surface area (Å²) in [5.74, 6) is -3.53. The number of H-pyrrole nitrogens is 2. The number of carbonyl (C=O) groups is 6. The minimum atomic E-state index is -1.52. The van der Waals surface area contributed by atoms with Crippen molar-refractivity contribution in [2.75, 3.05) is 23.4 Å². The van der Waals surface area contributed by atoms with E-state index < -0.39 is 72.5 Å². The monoisotopic (exact) mass is 864 g/mol. The molecule has 2 amide bonds. The number of halogens is 1. The molecule has 6 aromatic rings. The Morgan fingerprint density at radius 1 is 0.726 bits per heavy atom. The van der Waals surface area contributed by atoms with Gasteiger partial charge in [-0.3, -0.25) is 28.8 Å². The number of fused-ring (bicyclic) bond motifs is 5. The third-order valence-corrected chi connectivity index (χ3v) is 10.8. The van der Waals surface area contributed by atoms with Gasteiger partial charge < -0.3 is 48.6 Å². The van der Waals surface area contributed by atoms with Crippen molar-refractivity contribution in [3.05, 3.63) is 102 Å². The van der Waals surface area contributed by atoms with Crippen LogP contribution in [0.25, 0.3) is 32.6 Å². The van der Waals surface area contributed by atoms with Crippen molar-refractivity contribution in [2.24, 2.45) is 0 Å². The van der Waals surface area contributed by atoms with Crippen LogP contribution in [0.3, 0.4) is 0 Å². The molecule has 8 rings (SSSR count). The summed E-state index contributed by atoms with van der Waals surface area (Å²) in [4.78, 5) is 84.8. The van der Waals surface area contributed by atoms with Gasteiger partial charge in [-0.1, -0.05) is 42.5 Å². The van der Waals surface area contributed by atoms with E-state index in [1.807, 2.05) is 36.4 Å². The van der Waals surface area contributed by atoms with E-state index in [9.17, 15) is 28.8 Å². The zero-order valence-electron chi connectivity index (χ0n) is 33.9. The second-order valence-electron chi connectivity index (χ2n) is 15.0. The minimum absolute atomic E-state index is 0.130. The molecule has 3 unspecified atom stereocenters. The van der Waals surface area contributed by atoms with Gasteiger partial charge in [-0.2, -0.15) is 0 Å². The Bertz CT molecular complexity index is 2730. The molecule has 320 valence electrons. The number of carbonyl (C=O) groups excluding carboxylic acids is 6. The SMILES string of the molecule is CC(=O)OCC1O[C@@H](Oc2cc3c(c4ccccc24)CC(Cl)CN3C(=O)c2cc3cc(NC(=O)c4cc5ccccc5[nH]4)ccc3[nH]2)C(OC(C)=O)[C@@H](OC(C)=O)[C@H]1OC(C)=O. The highest BCUT2D eigenvalue weighted by molar-refractivity contribution is 6.22. The third-order valence-electron chi connectivity index (χ3n) is 10.5. The van der Waals surface area contributed by atoms with Gasteiger partial charge in [0, 0.05) is 73.2 Å². The number of nitrogens with one attached hydrogen (secondary N) is 3. The first kappa shape index (κ1) is 41.8. The second kappa shape index (κ2) is 17.2. The molecule has 1 saturated heterocycles. The number of amides is 2. The van der Waals surface area contributed by atoms with E-state index >= 15 is 0 Å². The molecule has 2 aliphatic heterocycles. The van der Waals surface area contributed by atoms with Gasteiger partial charge in [-0.15, -0.1) is 11.6 Å². The first-order chi connectivity index (χ1) is 29.7. The van der Waals surface area contributed by atoms with E-state index in [0.29, 0.717) is 45.2 Å². The Morgan fingerprint density at radius 2 is 1.37 bits per heavy atom. The van der Waals surface area contributed by atoms with Crippen molar-refractivity contribution in [2.45, 2.75) is 70.2 Å². The van der Waals surface area contributed by atoms with Gasteiger partial charge in [0.05, 0.1) is 11.1 Å². The highest BCUT2D eigenvalue weighted by atomic mass is 35.5. The fraction of sp³-hybridized carbons (Fsp3) is 0.289. The van der Waals surface area contributed by atoms with E-state index in [-0.39, 0.29) is 23.9 Å².